The van der Waals surface area contributed by atoms with E-state index in [9.17, 15) is 14.0 Å². The lowest BCUT2D eigenvalue weighted by Crippen LogP contribution is -2.24. The maximum absolute atomic E-state index is 14.2. The molecule has 2 amide bonds. The molecule has 6 nitrogen and oxygen atoms in total. The van der Waals surface area contributed by atoms with Crippen LogP contribution >= 0.6 is 11.6 Å². The van der Waals surface area contributed by atoms with E-state index in [1.807, 2.05) is 0 Å². The Morgan fingerprint density at radius 1 is 1.35 bits per heavy atom. The van der Waals surface area contributed by atoms with Gasteiger partial charge in [0.15, 0.2) is 0 Å². The Bertz CT molecular complexity index is 871. The third-order valence-corrected chi connectivity index (χ3v) is 4.50. The van der Waals surface area contributed by atoms with Crippen molar-refractivity contribution in [3.8, 4) is 11.1 Å². The molecule has 1 atom stereocenters. The summed E-state index contributed by atoms with van der Waals surface area (Å²) >= 11 is 6.24. The second kappa shape index (κ2) is 7.29. The molecule has 8 heteroatoms. The summed E-state index contributed by atoms with van der Waals surface area (Å²) in [6.07, 6.45) is 1.61. The highest BCUT2D eigenvalue weighted by Crippen LogP contribution is 2.33. The number of amides is 2. The average molecular weight is 378 g/mol. The van der Waals surface area contributed by atoms with E-state index in [1.165, 1.54) is 6.07 Å². The number of nitrogens with zero attached hydrogens (tertiary/aromatic N) is 1. The van der Waals surface area contributed by atoms with Crippen molar-refractivity contribution in [1.29, 1.82) is 0 Å². The number of aromatic nitrogens is 1. The van der Waals surface area contributed by atoms with Crippen molar-refractivity contribution in [2.24, 2.45) is 5.92 Å². The quantitative estimate of drug-likeness (QED) is 0.727. The van der Waals surface area contributed by atoms with Gasteiger partial charge in [0.2, 0.25) is 5.91 Å². The van der Waals surface area contributed by atoms with Crippen LogP contribution in [0.5, 0.6) is 0 Å². The minimum atomic E-state index is -1.16. The van der Waals surface area contributed by atoms with Crippen LogP contribution in [0.2, 0.25) is 5.02 Å². The SMILES string of the molecule is C[C@@H](NC(=O)O)c1ccc(-c2cc(NC(=O)C3CC3)ncc2F)cc1Cl. The molecule has 1 fully saturated rings. The van der Waals surface area contributed by atoms with Crippen LogP contribution in [0.15, 0.2) is 30.5 Å². The van der Waals surface area contributed by atoms with Gasteiger partial charge in [-0.2, -0.15) is 0 Å². The monoisotopic (exact) mass is 377 g/mol. The molecule has 0 unspecified atom stereocenters. The predicted octanol–water partition coefficient (Wildman–Crippen LogP) is 4.22. The van der Waals surface area contributed by atoms with Gasteiger partial charge in [0.05, 0.1) is 12.2 Å². The van der Waals surface area contributed by atoms with Crippen LogP contribution in [0.25, 0.3) is 11.1 Å². The molecule has 1 aromatic carbocycles. The molecule has 3 N–H and O–H groups in total. The number of nitrogens with one attached hydrogen (secondary N) is 2. The number of halogens is 2. The van der Waals surface area contributed by atoms with Crippen LogP contribution in [0.4, 0.5) is 15.0 Å². The predicted molar refractivity (Wildman–Crippen MR) is 95.6 cm³/mol. The molecule has 2 aromatic rings. The summed E-state index contributed by atoms with van der Waals surface area (Å²) in [5, 5.41) is 14.1. The topological polar surface area (TPSA) is 91.3 Å². The number of carbonyl (C=O) groups excluding carboxylic acids is 1. The number of carboxylic acid groups (broad SMARTS) is 1. The van der Waals surface area contributed by atoms with E-state index in [0.717, 1.165) is 19.0 Å². The van der Waals surface area contributed by atoms with Crippen molar-refractivity contribution < 1.29 is 19.1 Å². The highest BCUT2D eigenvalue weighted by molar-refractivity contribution is 6.31. The fourth-order valence-corrected chi connectivity index (χ4v) is 2.96. The fourth-order valence-electron chi connectivity index (χ4n) is 2.61. The van der Waals surface area contributed by atoms with E-state index in [0.29, 0.717) is 16.1 Å². The van der Waals surface area contributed by atoms with Crippen LogP contribution in [-0.4, -0.2) is 22.1 Å². The summed E-state index contributed by atoms with van der Waals surface area (Å²) in [5.74, 6) is -0.367. The van der Waals surface area contributed by atoms with Gasteiger partial charge in [-0.3, -0.25) is 4.79 Å². The highest BCUT2D eigenvalue weighted by atomic mass is 35.5. The summed E-state index contributed by atoms with van der Waals surface area (Å²) in [7, 11) is 0. The third kappa shape index (κ3) is 4.11. The molecule has 3 rings (SSSR count). The van der Waals surface area contributed by atoms with Gasteiger partial charge < -0.3 is 15.7 Å². The molecule has 0 radical (unpaired) electrons. The van der Waals surface area contributed by atoms with E-state index in [-0.39, 0.29) is 23.2 Å². The first-order chi connectivity index (χ1) is 12.3. The largest absolute Gasteiger partial charge is 0.465 e. The molecule has 0 bridgehead atoms. The molecule has 1 aromatic heterocycles. The number of benzene rings is 1. The molecule has 26 heavy (non-hydrogen) atoms. The van der Waals surface area contributed by atoms with Crippen molar-refractivity contribution in [3.63, 3.8) is 0 Å². The molecule has 0 spiro atoms. The Labute approximate surface area is 154 Å². The second-order valence-corrected chi connectivity index (χ2v) is 6.63. The molecule has 0 saturated heterocycles. The van der Waals surface area contributed by atoms with Crippen LogP contribution in [0.1, 0.15) is 31.4 Å². The molecule has 1 aliphatic rings. The summed E-state index contributed by atoms with van der Waals surface area (Å²) in [6.45, 7) is 1.66. The zero-order valence-electron chi connectivity index (χ0n) is 13.9. The minimum absolute atomic E-state index is 0.0160. The third-order valence-electron chi connectivity index (χ3n) is 4.17. The van der Waals surface area contributed by atoms with E-state index in [2.05, 4.69) is 15.6 Å². The summed E-state index contributed by atoms with van der Waals surface area (Å²) in [4.78, 5) is 26.5. The Morgan fingerprint density at radius 2 is 2.08 bits per heavy atom. The standard InChI is InChI=1S/C18H17ClFN3O3/c1-9(22-18(25)26)12-5-4-11(6-14(12)19)13-7-16(21-8-15(13)20)23-17(24)10-2-3-10/h4-10,22H,2-3H2,1H3,(H,25,26)(H,21,23,24)/t9-/m1/s1. The van der Waals surface area contributed by atoms with Gasteiger partial charge in [0, 0.05) is 16.5 Å². The van der Waals surface area contributed by atoms with E-state index in [4.69, 9.17) is 16.7 Å². The van der Waals surface area contributed by atoms with Gasteiger partial charge in [0.25, 0.3) is 0 Å². The zero-order chi connectivity index (χ0) is 18.8. The van der Waals surface area contributed by atoms with Gasteiger partial charge >= 0.3 is 6.09 Å². The molecule has 0 aliphatic heterocycles. The van der Waals surface area contributed by atoms with Crippen molar-refractivity contribution in [3.05, 3.63) is 46.9 Å². The van der Waals surface area contributed by atoms with Crippen molar-refractivity contribution in [1.82, 2.24) is 10.3 Å². The zero-order valence-corrected chi connectivity index (χ0v) is 14.7. The fraction of sp³-hybridized carbons (Fsp3) is 0.278. The number of hydrogen-bond donors (Lipinski definition) is 3. The van der Waals surface area contributed by atoms with Crippen molar-refractivity contribution >= 4 is 29.4 Å². The molecular formula is C18H17ClFN3O3. The maximum Gasteiger partial charge on any atom is 0.405 e. The van der Waals surface area contributed by atoms with Gasteiger partial charge in [-0.25, -0.2) is 14.2 Å². The molecule has 1 aliphatic carbocycles. The summed E-state index contributed by atoms with van der Waals surface area (Å²) < 4.78 is 14.2. The van der Waals surface area contributed by atoms with Gasteiger partial charge in [-0.15, -0.1) is 0 Å². The average Bonchev–Trinajstić information content (AvgIpc) is 3.40. The normalized spacial score (nSPS) is 14.6. The maximum atomic E-state index is 14.2. The Hall–Kier alpha value is -2.67. The number of hydrogen-bond acceptors (Lipinski definition) is 3. The van der Waals surface area contributed by atoms with Crippen LogP contribution in [0, 0.1) is 11.7 Å². The molecular weight excluding hydrogens is 361 g/mol. The van der Waals surface area contributed by atoms with Crippen molar-refractivity contribution in [2.75, 3.05) is 5.32 Å². The Balaban J connectivity index is 1.87. The molecule has 136 valence electrons. The van der Waals surface area contributed by atoms with E-state index >= 15 is 0 Å². The van der Waals surface area contributed by atoms with Crippen LogP contribution in [0.3, 0.4) is 0 Å². The molecule has 1 saturated carbocycles. The summed E-state index contributed by atoms with van der Waals surface area (Å²) in [6, 6.07) is 5.79. The first-order valence-electron chi connectivity index (χ1n) is 8.11. The smallest absolute Gasteiger partial charge is 0.405 e. The number of rotatable bonds is 5. The number of pyridine rings is 1. The lowest BCUT2D eigenvalue weighted by atomic mass is 10.0. The van der Waals surface area contributed by atoms with Crippen LogP contribution in [-0.2, 0) is 4.79 Å². The lowest BCUT2D eigenvalue weighted by molar-refractivity contribution is -0.117. The number of anilines is 1. The van der Waals surface area contributed by atoms with E-state index in [1.54, 1.807) is 25.1 Å². The van der Waals surface area contributed by atoms with Crippen LogP contribution < -0.4 is 10.6 Å². The van der Waals surface area contributed by atoms with Gasteiger partial charge in [-0.05, 0) is 43.0 Å². The van der Waals surface area contributed by atoms with Gasteiger partial charge in [-0.1, -0.05) is 23.7 Å². The first-order valence-corrected chi connectivity index (χ1v) is 8.48. The van der Waals surface area contributed by atoms with E-state index < -0.39 is 18.0 Å². The first kappa shape index (κ1) is 18.1. The Morgan fingerprint density at radius 3 is 2.69 bits per heavy atom. The van der Waals surface area contributed by atoms with Crippen molar-refractivity contribution in [2.45, 2.75) is 25.8 Å². The summed E-state index contributed by atoms with van der Waals surface area (Å²) in [5.41, 5.74) is 1.33. The highest BCUT2D eigenvalue weighted by Gasteiger charge is 2.30. The number of carbonyl (C=O) groups is 2. The minimum Gasteiger partial charge on any atom is -0.465 e. The second-order valence-electron chi connectivity index (χ2n) is 6.22. The lowest BCUT2D eigenvalue weighted by Gasteiger charge is -2.15. The van der Waals surface area contributed by atoms with Gasteiger partial charge in [0.1, 0.15) is 11.6 Å². The Kier molecular flexibility index (Phi) is 5.08. The molecule has 1 heterocycles.